The molecular weight excluding hydrogens is 308 g/mol. The molecule has 24 heavy (non-hydrogen) atoms. The SMILES string of the molecule is COCCOc1ccccc1CN1CCC(O)(Cn2ccnn2)C1. The van der Waals surface area contributed by atoms with Gasteiger partial charge in [0.15, 0.2) is 0 Å². The van der Waals surface area contributed by atoms with E-state index in [9.17, 15) is 5.11 Å². The average Bonchev–Trinajstić information content (AvgIpc) is 3.19. The van der Waals surface area contributed by atoms with Crippen molar-refractivity contribution in [3.8, 4) is 5.75 Å². The second-order valence-electron chi connectivity index (χ2n) is 6.23. The van der Waals surface area contributed by atoms with Gasteiger partial charge in [-0.05, 0) is 12.5 Å². The predicted molar refractivity (Wildman–Crippen MR) is 88.7 cm³/mol. The van der Waals surface area contributed by atoms with E-state index < -0.39 is 5.60 Å². The fraction of sp³-hybridized carbons (Fsp3) is 0.529. The first-order chi connectivity index (χ1) is 11.7. The third kappa shape index (κ3) is 4.31. The lowest BCUT2D eigenvalue weighted by atomic mass is 10.0. The van der Waals surface area contributed by atoms with Gasteiger partial charge < -0.3 is 14.6 Å². The highest BCUT2D eigenvalue weighted by molar-refractivity contribution is 5.33. The number of hydrogen-bond acceptors (Lipinski definition) is 6. The monoisotopic (exact) mass is 332 g/mol. The van der Waals surface area contributed by atoms with E-state index in [1.54, 1.807) is 24.2 Å². The number of nitrogens with zero attached hydrogens (tertiary/aromatic N) is 4. The van der Waals surface area contributed by atoms with Gasteiger partial charge in [0.05, 0.1) is 24.9 Å². The van der Waals surface area contributed by atoms with Gasteiger partial charge in [-0.25, -0.2) is 4.68 Å². The molecule has 1 aromatic carbocycles. The van der Waals surface area contributed by atoms with Crippen LogP contribution < -0.4 is 4.74 Å². The van der Waals surface area contributed by atoms with Crippen molar-refractivity contribution in [2.24, 2.45) is 0 Å². The summed E-state index contributed by atoms with van der Waals surface area (Å²) in [5, 5.41) is 18.5. The van der Waals surface area contributed by atoms with Crippen LogP contribution in [0.2, 0.25) is 0 Å². The van der Waals surface area contributed by atoms with Crippen LogP contribution in [0.25, 0.3) is 0 Å². The van der Waals surface area contributed by atoms with Crippen LogP contribution in [0.15, 0.2) is 36.7 Å². The maximum absolute atomic E-state index is 10.8. The number of likely N-dealkylation sites (tertiary alicyclic amines) is 1. The Bertz CT molecular complexity index is 635. The van der Waals surface area contributed by atoms with Crippen LogP contribution in [0, 0.1) is 0 Å². The Morgan fingerprint density at radius 1 is 1.29 bits per heavy atom. The molecule has 1 aliphatic heterocycles. The molecule has 2 aromatic rings. The van der Waals surface area contributed by atoms with Crippen LogP contribution in [-0.4, -0.2) is 64.0 Å². The molecule has 0 saturated carbocycles. The van der Waals surface area contributed by atoms with Crippen molar-refractivity contribution in [1.29, 1.82) is 0 Å². The maximum Gasteiger partial charge on any atom is 0.123 e. The number of aliphatic hydroxyl groups is 1. The van der Waals surface area contributed by atoms with Crippen LogP contribution in [0.1, 0.15) is 12.0 Å². The minimum atomic E-state index is -0.764. The minimum Gasteiger partial charge on any atom is -0.491 e. The molecule has 1 N–H and O–H groups in total. The van der Waals surface area contributed by atoms with Crippen molar-refractivity contribution in [1.82, 2.24) is 19.9 Å². The summed E-state index contributed by atoms with van der Waals surface area (Å²) < 4.78 is 12.5. The lowest BCUT2D eigenvalue weighted by Gasteiger charge is -2.23. The first-order valence-corrected chi connectivity index (χ1v) is 8.17. The molecule has 1 saturated heterocycles. The summed E-state index contributed by atoms with van der Waals surface area (Å²) in [5.41, 5.74) is 0.359. The van der Waals surface area contributed by atoms with Crippen LogP contribution >= 0.6 is 0 Å². The normalized spacial score (nSPS) is 21.2. The third-order valence-electron chi connectivity index (χ3n) is 4.25. The highest BCUT2D eigenvalue weighted by Crippen LogP contribution is 2.27. The van der Waals surface area contributed by atoms with Crippen LogP contribution in [-0.2, 0) is 17.8 Å². The summed E-state index contributed by atoms with van der Waals surface area (Å²) in [6.45, 7) is 3.77. The smallest absolute Gasteiger partial charge is 0.123 e. The Labute approximate surface area is 141 Å². The number of methoxy groups -OCH3 is 1. The number of benzene rings is 1. The molecule has 1 unspecified atom stereocenters. The molecule has 7 heteroatoms. The largest absolute Gasteiger partial charge is 0.491 e. The number of aromatic nitrogens is 3. The van der Waals surface area contributed by atoms with Crippen molar-refractivity contribution < 1.29 is 14.6 Å². The maximum atomic E-state index is 10.8. The van der Waals surface area contributed by atoms with Crippen LogP contribution in [0.4, 0.5) is 0 Å². The number of β-amino-alcohol motifs (C(OH)–C–C–N with tert-alkyl or cyclic N) is 1. The topological polar surface area (TPSA) is 72.6 Å². The third-order valence-corrected chi connectivity index (χ3v) is 4.25. The van der Waals surface area contributed by atoms with E-state index in [-0.39, 0.29) is 0 Å². The second kappa shape index (κ2) is 7.74. The van der Waals surface area contributed by atoms with Gasteiger partial charge >= 0.3 is 0 Å². The number of rotatable bonds is 8. The number of para-hydroxylation sites is 1. The Kier molecular flexibility index (Phi) is 5.44. The van der Waals surface area contributed by atoms with E-state index in [0.29, 0.717) is 26.3 Å². The van der Waals surface area contributed by atoms with Crippen molar-refractivity contribution in [2.45, 2.75) is 25.1 Å². The van der Waals surface area contributed by atoms with E-state index in [1.807, 2.05) is 18.2 Å². The van der Waals surface area contributed by atoms with Gasteiger partial charge in [-0.3, -0.25) is 4.90 Å². The minimum absolute atomic E-state index is 0.468. The molecular formula is C17H24N4O3. The van der Waals surface area contributed by atoms with Gasteiger partial charge in [-0.2, -0.15) is 0 Å². The van der Waals surface area contributed by atoms with Gasteiger partial charge in [-0.15, -0.1) is 5.10 Å². The van der Waals surface area contributed by atoms with E-state index in [1.165, 1.54) is 0 Å². The molecule has 7 nitrogen and oxygen atoms in total. The van der Waals surface area contributed by atoms with Gasteiger partial charge in [0, 0.05) is 38.5 Å². The Morgan fingerprint density at radius 2 is 2.17 bits per heavy atom. The zero-order valence-corrected chi connectivity index (χ0v) is 14.0. The van der Waals surface area contributed by atoms with Crippen molar-refractivity contribution in [3.05, 3.63) is 42.2 Å². The molecule has 3 rings (SSSR count). The van der Waals surface area contributed by atoms with E-state index in [2.05, 4.69) is 21.3 Å². The Hall–Kier alpha value is -1.96. The fourth-order valence-electron chi connectivity index (χ4n) is 3.07. The summed E-state index contributed by atoms with van der Waals surface area (Å²) in [4.78, 5) is 2.25. The first-order valence-electron chi connectivity index (χ1n) is 8.17. The first kappa shape index (κ1) is 16.9. The molecule has 0 radical (unpaired) electrons. The van der Waals surface area contributed by atoms with Crippen molar-refractivity contribution in [2.75, 3.05) is 33.4 Å². The van der Waals surface area contributed by atoms with Gasteiger partial charge in [0.25, 0.3) is 0 Å². The lowest BCUT2D eigenvalue weighted by Crippen LogP contribution is -2.37. The van der Waals surface area contributed by atoms with E-state index in [0.717, 1.165) is 30.8 Å². The molecule has 1 atom stereocenters. The highest BCUT2D eigenvalue weighted by Gasteiger charge is 2.36. The second-order valence-corrected chi connectivity index (χ2v) is 6.23. The van der Waals surface area contributed by atoms with Crippen LogP contribution in [0.5, 0.6) is 5.75 Å². The number of ether oxygens (including phenoxy) is 2. The van der Waals surface area contributed by atoms with Crippen molar-refractivity contribution in [3.63, 3.8) is 0 Å². The molecule has 1 fully saturated rings. The zero-order chi connectivity index (χ0) is 16.8. The van der Waals surface area contributed by atoms with Crippen LogP contribution in [0.3, 0.4) is 0 Å². The van der Waals surface area contributed by atoms with Gasteiger partial charge in [0.2, 0.25) is 0 Å². The predicted octanol–water partition coefficient (Wildman–Crippen LogP) is 0.940. The summed E-state index contributed by atoms with van der Waals surface area (Å²) in [7, 11) is 1.66. The average molecular weight is 332 g/mol. The highest BCUT2D eigenvalue weighted by atomic mass is 16.5. The Balaban J connectivity index is 1.59. The molecule has 130 valence electrons. The fourth-order valence-corrected chi connectivity index (χ4v) is 3.07. The summed E-state index contributed by atoms with van der Waals surface area (Å²) in [6.07, 6.45) is 4.13. The molecule has 2 heterocycles. The van der Waals surface area contributed by atoms with E-state index >= 15 is 0 Å². The number of hydrogen-bond donors (Lipinski definition) is 1. The van der Waals surface area contributed by atoms with E-state index in [4.69, 9.17) is 9.47 Å². The van der Waals surface area contributed by atoms with Gasteiger partial charge in [-0.1, -0.05) is 23.4 Å². The summed E-state index contributed by atoms with van der Waals surface area (Å²) in [5.74, 6) is 0.876. The molecule has 0 spiro atoms. The summed E-state index contributed by atoms with van der Waals surface area (Å²) in [6, 6.07) is 8.02. The molecule has 0 amide bonds. The van der Waals surface area contributed by atoms with Crippen molar-refractivity contribution >= 4 is 0 Å². The Morgan fingerprint density at radius 3 is 2.96 bits per heavy atom. The quantitative estimate of drug-likeness (QED) is 0.726. The summed E-state index contributed by atoms with van der Waals surface area (Å²) >= 11 is 0. The standard InChI is InChI=1S/C17H24N4O3/c1-23-10-11-24-16-5-3-2-4-15(16)12-20-8-6-17(22,13-20)14-21-9-7-18-19-21/h2-5,7,9,22H,6,8,10-14H2,1H3. The van der Waals surface area contributed by atoms with Gasteiger partial charge in [0.1, 0.15) is 12.4 Å². The molecule has 1 aromatic heterocycles. The molecule has 1 aliphatic rings. The zero-order valence-electron chi connectivity index (χ0n) is 14.0. The lowest BCUT2D eigenvalue weighted by molar-refractivity contribution is 0.0273. The molecule has 0 bridgehead atoms. The molecule has 0 aliphatic carbocycles.